The smallest absolute Gasteiger partial charge is 0.249 e. The van der Waals surface area contributed by atoms with E-state index in [0.29, 0.717) is 11.5 Å². The molecule has 0 radical (unpaired) electrons. The molecule has 0 saturated heterocycles. The molecule has 1 aromatic carbocycles. The van der Waals surface area contributed by atoms with Crippen molar-refractivity contribution in [3.63, 3.8) is 0 Å². The normalized spacial score (nSPS) is 10.0. The van der Waals surface area contributed by atoms with E-state index in [1.807, 2.05) is 0 Å². The minimum atomic E-state index is 0.00828. The van der Waals surface area contributed by atoms with Crippen molar-refractivity contribution in [3.05, 3.63) is 24.5 Å². The molecule has 1 heterocycles. The second-order valence-corrected chi connectivity index (χ2v) is 3.57. The highest BCUT2D eigenvalue weighted by atomic mass is 16.5. The van der Waals surface area contributed by atoms with Gasteiger partial charge in [-0.2, -0.15) is 9.97 Å². The van der Waals surface area contributed by atoms with Crippen LogP contribution in [0.4, 0.5) is 5.69 Å². The van der Waals surface area contributed by atoms with Crippen molar-refractivity contribution in [2.45, 2.75) is 0 Å². The molecule has 100 valence electrons. The highest BCUT2D eigenvalue weighted by Gasteiger charge is 2.11. The fourth-order valence-electron chi connectivity index (χ4n) is 1.45. The number of nitrogens with two attached hydrogens (primary N) is 1. The number of hydrogen-bond acceptors (Lipinski definition) is 7. The molecule has 7 nitrogen and oxygen atoms in total. The molecular weight excluding hydrogens is 250 g/mol. The van der Waals surface area contributed by atoms with Gasteiger partial charge in [0.05, 0.1) is 14.2 Å². The minimum absolute atomic E-state index is 0.00828. The maximum atomic E-state index is 9.52. The minimum Gasteiger partial charge on any atom is -0.508 e. The topological polar surface area (TPSA) is 99.7 Å². The van der Waals surface area contributed by atoms with E-state index < -0.39 is 0 Å². The molecule has 1 aromatic heterocycles. The lowest BCUT2D eigenvalue weighted by Gasteiger charge is -2.10. The highest BCUT2D eigenvalue weighted by molar-refractivity contribution is 5.57. The first kappa shape index (κ1) is 12.7. The van der Waals surface area contributed by atoms with E-state index in [-0.39, 0.29) is 23.2 Å². The lowest BCUT2D eigenvalue weighted by molar-refractivity contribution is 0.387. The van der Waals surface area contributed by atoms with E-state index in [1.165, 1.54) is 32.7 Å². The highest BCUT2D eigenvalue weighted by Crippen LogP contribution is 2.33. The second-order valence-electron chi connectivity index (χ2n) is 3.57. The summed E-state index contributed by atoms with van der Waals surface area (Å²) < 4.78 is 15.5. The average Bonchev–Trinajstić information content (AvgIpc) is 2.40. The quantitative estimate of drug-likeness (QED) is 0.863. The summed E-state index contributed by atoms with van der Waals surface area (Å²) in [6, 6.07) is 4.46. The molecule has 0 aliphatic carbocycles. The van der Waals surface area contributed by atoms with Gasteiger partial charge in [-0.1, -0.05) is 0 Å². The van der Waals surface area contributed by atoms with E-state index in [9.17, 15) is 5.11 Å². The summed E-state index contributed by atoms with van der Waals surface area (Å²) in [7, 11) is 2.93. The number of aromatic hydroxyl groups is 1. The van der Waals surface area contributed by atoms with Crippen LogP contribution >= 0.6 is 0 Å². The SMILES string of the molecule is COc1cc(O)cc(Oc2ncnc(OC)c2N)c1. The van der Waals surface area contributed by atoms with Crippen LogP contribution in [0.15, 0.2) is 24.5 Å². The number of nitrogen functional groups attached to an aromatic ring is 1. The molecule has 7 heteroatoms. The number of anilines is 1. The Morgan fingerprint density at radius 2 is 1.68 bits per heavy atom. The first-order valence-electron chi connectivity index (χ1n) is 5.34. The van der Waals surface area contributed by atoms with Crippen LogP contribution < -0.4 is 19.9 Å². The molecule has 0 bridgehead atoms. The molecule has 0 amide bonds. The van der Waals surface area contributed by atoms with E-state index in [2.05, 4.69) is 9.97 Å². The zero-order valence-corrected chi connectivity index (χ0v) is 10.5. The lowest BCUT2D eigenvalue weighted by atomic mass is 10.3. The van der Waals surface area contributed by atoms with Gasteiger partial charge in [-0.25, -0.2) is 0 Å². The second kappa shape index (κ2) is 5.30. The molecule has 3 N–H and O–H groups in total. The Hall–Kier alpha value is -2.70. The van der Waals surface area contributed by atoms with Crippen LogP contribution in [0.2, 0.25) is 0 Å². The van der Waals surface area contributed by atoms with Gasteiger partial charge in [-0.15, -0.1) is 0 Å². The van der Waals surface area contributed by atoms with Crippen LogP contribution in [0.1, 0.15) is 0 Å². The number of phenolic OH excluding ortho intramolecular Hbond substituents is 1. The Labute approximate surface area is 109 Å². The summed E-state index contributed by atoms with van der Waals surface area (Å²) >= 11 is 0. The Bertz CT molecular complexity index is 589. The maximum Gasteiger partial charge on any atom is 0.249 e. The molecule has 0 atom stereocenters. The van der Waals surface area contributed by atoms with Gasteiger partial charge < -0.3 is 25.1 Å². The standard InChI is InChI=1S/C12H13N3O4/c1-17-8-3-7(16)4-9(5-8)19-12-10(13)11(18-2)14-6-15-12/h3-6,16H,13H2,1-2H3. The van der Waals surface area contributed by atoms with Gasteiger partial charge in [0.15, 0.2) is 5.69 Å². The van der Waals surface area contributed by atoms with Crippen LogP contribution in [0.5, 0.6) is 29.0 Å². The van der Waals surface area contributed by atoms with Crippen molar-refractivity contribution in [3.8, 4) is 29.0 Å². The third-order valence-corrected chi connectivity index (χ3v) is 2.32. The molecule has 0 saturated carbocycles. The Balaban J connectivity index is 2.33. The summed E-state index contributed by atoms with van der Waals surface area (Å²) in [6.07, 6.45) is 1.27. The van der Waals surface area contributed by atoms with Gasteiger partial charge in [0.2, 0.25) is 11.8 Å². The van der Waals surface area contributed by atoms with Crippen LogP contribution in [0.25, 0.3) is 0 Å². The number of nitrogens with zero attached hydrogens (tertiary/aromatic N) is 2. The summed E-state index contributed by atoms with van der Waals surface area (Å²) in [4.78, 5) is 7.74. The molecule has 0 aliphatic heterocycles. The lowest BCUT2D eigenvalue weighted by Crippen LogP contribution is -2.00. The summed E-state index contributed by atoms with van der Waals surface area (Å²) in [5.74, 6) is 1.16. The van der Waals surface area contributed by atoms with Gasteiger partial charge >= 0.3 is 0 Å². The summed E-state index contributed by atoms with van der Waals surface area (Å²) in [5, 5.41) is 9.52. The summed E-state index contributed by atoms with van der Waals surface area (Å²) in [6.45, 7) is 0. The number of phenols is 1. The first-order chi connectivity index (χ1) is 9.13. The largest absolute Gasteiger partial charge is 0.508 e. The molecule has 0 fully saturated rings. The van der Waals surface area contributed by atoms with Crippen LogP contribution in [0.3, 0.4) is 0 Å². The van der Waals surface area contributed by atoms with Crippen molar-refractivity contribution in [2.24, 2.45) is 0 Å². The van der Waals surface area contributed by atoms with Gasteiger partial charge in [0.25, 0.3) is 0 Å². The Kier molecular flexibility index (Phi) is 3.56. The van der Waals surface area contributed by atoms with Gasteiger partial charge in [-0.05, 0) is 0 Å². The van der Waals surface area contributed by atoms with Crippen molar-refractivity contribution in [1.29, 1.82) is 0 Å². The zero-order chi connectivity index (χ0) is 13.8. The molecule has 0 spiro atoms. The van der Waals surface area contributed by atoms with Crippen LogP contribution in [0, 0.1) is 0 Å². The molecular formula is C12H13N3O4. The average molecular weight is 263 g/mol. The Morgan fingerprint density at radius 1 is 1.00 bits per heavy atom. The van der Waals surface area contributed by atoms with Gasteiger partial charge in [0, 0.05) is 18.2 Å². The molecule has 2 rings (SSSR count). The molecule has 19 heavy (non-hydrogen) atoms. The number of aromatic nitrogens is 2. The van der Waals surface area contributed by atoms with E-state index in [4.69, 9.17) is 19.9 Å². The predicted molar refractivity (Wildman–Crippen MR) is 67.7 cm³/mol. The number of methoxy groups -OCH3 is 2. The Morgan fingerprint density at radius 3 is 2.37 bits per heavy atom. The zero-order valence-electron chi connectivity index (χ0n) is 10.5. The van der Waals surface area contributed by atoms with Crippen molar-refractivity contribution < 1.29 is 19.3 Å². The fourth-order valence-corrected chi connectivity index (χ4v) is 1.45. The first-order valence-corrected chi connectivity index (χ1v) is 5.34. The molecule has 0 unspecified atom stereocenters. The van der Waals surface area contributed by atoms with Crippen molar-refractivity contribution in [1.82, 2.24) is 9.97 Å². The number of rotatable bonds is 4. The number of hydrogen-bond donors (Lipinski definition) is 2. The molecule has 0 aliphatic rings. The van der Waals surface area contributed by atoms with Crippen molar-refractivity contribution >= 4 is 5.69 Å². The van der Waals surface area contributed by atoms with Crippen LogP contribution in [-0.4, -0.2) is 29.3 Å². The van der Waals surface area contributed by atoms with Crippen LogP contribution in [-0.2, 0) is 0 Å². The summed E-state index contributed by atoms with van der Waals surface area (Å²) in [5.41, 5.74) is 5.95. The third-order valence-electron chi connectivity index (χ3n) is 2.32. The maximum absolute atomic E-state index is 9.52. The van der Waals surface area contributed by atoms with E-state index in [1.54, 1.807) is 6.07 Å². The molecule has 2 aromatic rings. The third kappa shape index (κ3) is 2.76. The number of benzene rings is 1. The van der Waals surface area contributed by atoms with Gasteiger partial charge in [-0.3, -0.25) is 0 Å². The van der Waals surface area contributed by atoms with E-state index >= 15 is 0 Å². The predicted octanol–water partition coefficient (Wildman–Crippen LogP) is 1.57. The fraction of sp³-hybridized carbons (Fsp3) is 0.167. The monoisotopic (exact) mass is 263 g/mol. The number of ether oxygens (including phenoxy) is 3. The van der Waals surface area contributed by atoms with Gasteiger partial charge in [0.1, 0.15) is 23.6 Å². The van der Waals surface area contributed by atoms with Crippen molar-refractivity contribution in [2.75, 3.05) is 20.0 Å². The van der Waals surface area contributed by atoms with E-state index in [0.717, 1.165) is 0 Å².